The van der Waals surface area contributed by atoms with E-state index in [0.717, 1.165) is 56.5 Å². The van der Waals surface area contributed by atoms with Crippen molar-refractivity contribution in [2.24, 2.45) is 11.8 Å². The van der Waals surface area contributed by atoms with E-state index in [1.165, 1.54) is 0 Å². The van der Waals surface area contributed by atoms with Crippen molar-refractivity contribution in [3.05, 3.63) is 29.8 Å². The lowest BCUT2D eigenvalue weighted by molar-refractivity contribution is -0.138. The minimum Gasteiger partial charge on any atom is -0.497 e. The van der Waals surface area contributed by atoms with E-state index in [1.807, 2.05) is 29.2 Å². The van der Waals surface area contributed by atoms with Gasteiger partial charge in [0.1, 0.15) is 5.75 Å². The number of amides is 2. The number of aryl methyl sites for hydroxylation is 1. The molecule has 0 radical (unpaired) electrons. The Morgan fingerprint density at radius 3 is 2.71 bits per heavy atom. The largest absolute Gasteiger partial charge is 0.497 e. The summed E-state index contributed by atoms with van der Waals surface area (Å²) in [5, 5.41) is 15.7. The van der Waals surface area contributed by atoms with Gasteiger partial charge in [-0.25, -0.2) is 0 Å². The van der Waals surface area contributed by atoms with Crippen molar-refractivity contribution in [1.82, 2.24) is 15.5 Å². The third-order valence-electron chi connectivity index (χ3n) is 7.05. The van der Waals surface area contributed by atoms with Crippen LogP contribution in [-0.2, 0) is 20.8 Å². The number of benzene rings is 1. The van der Waals surface area contributed by atoms with Crippen LogP contribution in [0.15, 0.2) is 24.3 Å². The lowest BCUT2D eigenvalue weighted by atomic mass is 9.92. The molecule has 2 aliphatic heterocycles. The number of piperidine rings is 2. The van der Waals surface area contributed by atoms with Crippen LogP contribution in [0, 0.1) is 11.8 Å². The molecule has 1 aromatic rings. The third-order valence-corrected chi connectivity index (χ3v) is 7.05. The number of carbonyl (C=O) groups is 3. The molecule has 2 heterocycles. The van der Waals surface area contributed by atoms with E-state index in [1.54, 1.807) is 7.11 Å². The molecule has 0 aliphatic carbocycles. The number of hydrogen-bond acceptors (Lipinski definition) is 5. The summed E-state index contributed by atoms with van der Waals surface area (Å²) in [7, 11) is 1.61. The molecular formula is C26H40ClN3O5. The van der Waals surface area contributed by atoms with E-state index in [2.05, 4.69) is 10.6 Å². The van der Waals surface area contributed by atoms with Crippen LogP contribution in [0.3, 0.4) is 0 Å². The van der Waals surface area contributed by atoms with Crippen LogP contribution in [0.2, 0.25) is 0 Å². The summed E-state index contributed by atoms with van der Waals surface area (Å²) in [5.41, 5.74) is 1.03. The Kier molecular flexibility index (Phi) is 12.3. The van der Waals surface area contributed by atoms with Gasteiger partial charge in [-0.1, -0.05) is 12.1 Å². The molecule has 8 nitrogen and oxygen atoms in total. The zero-order valence-electron chi connectivity index (χ0n) is 20.7. The van der Waals surface area contributed by atoms with Gasteiger partial charge in [0.25, 0.3) is 0 Å². The summed E-state index contributed by atoms with van der Waals surface area (Å²) in [4.78, 5) is 39.0. The Balaban J connectivity index is 0.00000432. The van der Waals surface area contributed by atoms with Crippen molar-refractivity contribution in [3.8, 4) is 5.75 Å². The summed E-state index contributed by atoms with van der Waals surface area (Å²) in [6.07, 6.45) is 6.27. The van der Waals surface area contributed by atoms with Gasteiger partial charge in [0.05, 0.1) is 19.4 Å². The van der Waals surface area contributed by atoms with Gasteiger partial charge >= 0.3 is 5.97 Å². The molecule has 9 heteroatoms. The average molecular weight is 510 g/mol. The maximum Gasteiger partial charge on any atom is 0.305 e. The van der Waals surface area contributed by atoms with Crippen LogP contribution in [0.25, 0.3) is 0 Å². The maximum absolute atomic E-state index is 13.0. The Morgan fingerprint density at radius 1 is 1.23 bits per heavy atom. The molecule has 2 fully saturated rings. The Bertz CT molecular complexity index is 831. The van der Waals surface area contributed by atoms with E-state index < -0.39 is 12.0 Å². The van der Waals surface area contributed by atoms with Gasteiger partial charge in [0.15, 0.2) is 0 Å². The Labute approximate surface area is 214 Å². The quantitative estimate of drug-likeness (QED) is 0.423. The van der Waals surface area contributed by atoms with Gasteiger partial charge < -0.3 is 25.4 Å². The second-order valence-electron chi connectivity index (χ2n) is 9.60. The average Bonchev–Trinajstić information content (AvgIpc) is 2.86. The number of halogens is 1. The van der Waals surface area contributed by atoms with Gasteiger partial charge in [0.2, 0.25) is 11.8 Å². The second-order valence-corrected chi connectivity index (χ2v) is 9.60. The highest BCUT2D eigenvalue weighted by molar-refractivity contribution is 5.85. The van der Waals surface area contributed by atoms with Gasteiger partial charge in [-0.15, -0.1) is 12.4 Å². The normalized spacial score (nSPS) is 19.3. The number of aliphatic carboxylic acids is 1. The predicted molar refractivity (Wildman–Crippen MR) is 137 cm³/mol. The monoisotopic (exact) mass is 509 g/mol. The molecular weight excluding hydrogens is 470 g/mol. The first kappa shape index (κ1) is 28.9. The zero-order chi connectivity index (χ0) is 24.3. The van der Waals surface area contributed by atoms with Gasteiger partial charge in [-0.3, -0.25) is 14.4 Å². The van der Waals surface area contributed by atoms with Crippen LogP contribution in [0.4, 0.5) is 0 Å². The number of nitrogens with one attached hydrogen (secondary N) is 2. The minimum absolute atomic E-state index is 0. The van der Waals surface area contributed by atoms with Crippen LogP contribution in [0.1, 0.15) is 56.9 Å². The highest BCUT2D eigenvalue weighted by Crippen LogP contribution is 2.22. The van der Waals surface area contributed by atoms with Crippen molar-refractivity contribution in [2.45, 2.75) is 63.8 Å². The molecule has 2 saturated heterocycles. The predicted octanol–water partition coefficient (Wildman–Crippen LogP) is 3.03. The fourth-order valence-electron chi connectivity index (χ4n) is 5.00. The number of ether oxygens (including phenoxy) is 1. The first-order valence-corrected chi connectivity index (χ1v) is 12.6. The zero-order valence-corrected chi connectivity index (χ0v) is 21.5. The molecule has 3 rings (SSSR count). The van der Waals surface area contributed by atoms with Crippen LogP contribution in [0.5, 0.6) is 5.75 Å². The number of rotatable bonds is 11. The molecule has 0 unspecified atom stereocenters. The molecule has 0 spiro atoms. The van der Waals surface area contributed by atoms with Crippen molar-refractivity contribution in [3.63, 3.8) is 0 Å². The molecule has 196 valence electrons. The van der Waals surface area contributed by atoms with E-state index in [0.29, 0.717) is 38.3 Å². The summed E-state index contributed by atoms with van der Waals surface area (Å²) >= 11 is 0. The first-order chi connectivity index (χ1) is 16.4. The standard InChI is InChI=1S/C26H39N3O5.ClH/c1-34-23-6-2-4-20(16-23)7-9-22(17-25(31)32)28-26(33)21-5-3-15-29(18-21)24(30)10-8-19-11-13-27-14-12-19;/h2,4,6,16,19,21-22,27H,3,5,7-15,17-18H2,1H3,(H,28,33)(H,31,32);1H/t21-,22+;/m1./s1. The van der Waals surface area contributed by atoms with Gasteiger partial charge in [0, 0.05) is 25.6 Å². The topological polar surface area (TPSA) is 108 Å². The minimum atomic E-state index is -0.936. The molecule has 2 atom stereocenters. The Morgan fingerprint density at radius 2 is 2.00 bits per heavy atom. The fourth-order valence-corrected chi connectivity index (χ4v) is 5.00. The number of hydrogen-bond donors (Lipinski definition) is 3. The van der Waals surface area contributed by atoms with Crippen LogP contribution >= 0.6 is 12.4 Å². The number of carboxylic acids is 1. The first-order valence-electron chi connectivity index (χ1n) is 12.6. The summed E-state index contributed by atoms with van der Waals surface area (Å²) in [6, 6.07) is 7.20. The lowest BCUT2D eigenvalue weighted by Crippen LogP contribution is -2.48. The van der Waals surface area contributed by atoms with Gasteiger partial charge in [-0.05, 0) is 81.6 Å². The summed E-state index contributed by atoms with van der Waals surface area (Å²) in [6.45, 7) is 3.18. The highest BCUT2D eigenvalue weighted by atomic mass is 35.5. The van der Waals surface area contributed by atoms with E-state index in [9.17, 15) is 19.5 Å². The molecule has 1 aromatic carbocycles. The van der Waals surface area contributed by atoms with Crippen molar-refractivity contribution in [1.29, 1.82) is 0 Å². The number of methoxy groups -OCH3 is 1. The van der Waals surface area contributed by atoms with Crippen molar-refractivity contribution >= 4 is 30.2 Å². The van der Waals surface area contributed by atoms with Crippen molar-refractivity contribution < 1.29 is 24.2 Å². The lowest BCUT2D eigenvalue weighted by Gasteiger charge is -2.33. The molecule has 0 bridgehead atoms. The van der Waals surface area contributed by atoms with Gasteiger partial charge in [-0.2, -0.15) is 0 Å². The molecule has 0 saturated carbocycles. The fraction of sp³-hybridized carbons (Fsp3) is 0.654. The van der Waals surface area contributed by atoms with Crippen LogP contribution < -0.4 is 15.4 Å². The van der Waals surface area contributed by atoms with Crippen molar-refractivity contribution in [2.75, 3.05) is 33.3 Å². The smallest absolute Gasteiger partial charge is 0.305 e. The number of carbonyl (C=O) groups excluding carboxylic acids is 2. The number of nitrogens with zero attached hydrogens (tertiary/aromatic N) is 1. The molecule has 3 N–H and O–H groups in total. The maximum atomic E-state index is 13.0. The molecule has 2 aliphatic rings. The van der Waals surface area contributed by atoms with E-state index in [-0.39, 0.29) is 36.6 Å². The molecule has 2 amide bonds. The number of carboxylic acid groups (broad SMARTS) is 1. The van der Waals surface area contributed by atoms with Crippen LogP contribution in [-0.4, -0.2) is 67.1 Å². The molecule has 35 heavy (non-hydrogen) atoms. The Hall–Kier alpha value is -2.32. The van der Waals surface area contributed by atoms with E-state index >= 15 is 0 Å². The summed E-state index contributed by atoms with van der Waals surface area (Å²) < 4.78 is 5.25. The second kappa shape index (κ2) is 14.9. The number of likely N-dealkylation sites (tertiary alicyclic amines) is 1. The SMILES string of the molecule is COc1cccc(CC[C@@H](CC(=O)O)NC(=O)[C@@H]2CCCN(C(=O)CCC3CCNCC3)C2)c1.Cl. The van der Waals surface area contributed by atoms with E-state index in [4.69, 9.17) is 4.74 Å². The molecule has 0 aromatic heterocycles. The summed E-state index contributed by atoms with van der Waals surface area (Å²) in [5.74, 6) is 0.127. The third kappa shape index (κ3) is 9.68. The highest BCUT2D eigenvalue weighted by Gasteiger charge is 2.30.